The molecule has 2 rings (SSSR count). The lowest BCUT2D eigenvalue weighted by Gasteiger charge is -2.08. The number of hydrogen-bond acceptors (Lipinski definition) is 4. The first kappa shape index (κ1) is 10.1. The van der Waals surface area contributed by atoms with Gasteiger partial charge in [-0.05, 0) is 29.0 Å². The van der Waals surface area contributed by atoms with E-state index in [2.05, 4.69) is 15.5 Å². The van der Waals surface area contributed by atoms with E-state index in [1.54, 1.807) is 10.7 Å². The average molecular weight is 224 g/mol. The number of hydrogen-bond donors (Lipinski definition) is 1. The summed E-state index contributed by atoms with van der Waals surface area (Å²) in [4.78, 5) is 0. The van der Waals surface area contributed by atoms with Crippen LogP contribution in [0.4, 0.5) is 0 Å². The molecule has 1 aromatic carbocycles. The van der Waals surface area contributed by atoms with Crippen molar-refractivity contribution in [2.75, 3.05) is 0 Å². The van der Waals surface area contributed by atoms with Crippen LogP contribution < -0.4 is 5.73 Å². The van der Waals surface area contributed by atoms with Crippen LogP contribution in [0.3, 0.4) is 0 Å². The van der Waals surface area contributed by atoms with Crippen molar-refractivity contribution in [2.45, 2.75) is 13.5 Å². The summed E-state index contributed by atoms with van der Waals surface area (Å²) < 4.78 is 1.57. The Bertz CT molecular complexity index is 459. The fourth-order valence-electron chi connectivity index (χ4n) is 1.40. The minimum absolute atomic E-state index is 0.275. The van der Waals surface area contributed by atoms with Crippen LogP contribution in [0.25, 0.3) is 5.69 Å². The van der Waals surface area contributed by atoms with E-state index in [0.717, 1.165) is 11.3 Å². The summed E-state index contributed by atoms with van der Waals surface area (Å²) in [7, 11) is 0. The maximum Gasteiger partial charge on any atom is 0.170 e. The predicted molar refractivity (Wildman–Crippen MR) is 56.8 cm³/mol. The lowest BCUT2D eigenvalue weighted by atomic mass is 10.2. The zero-order valence-corrected chi connectivity index (χ0v) is 8.94. The van der Waals surface area contributed by atoms with Gasteiger partial charge in [-0.1, -0.05) is 23.7 Å². The van der Waals surface area contributed by atoms with Crippen LogP contribution in [0.2, 0.25) is 5.02 Å². The summed E-state index contributed by atoms with van der Waals surface area (Å²) in [6, 6.07) is 5.63. The standard InChI is InChI=1S/C9H10ClN5/c1-6-3-2-4-7(10)9(6)15-8(5-11)12-13-14-15/h2-4H,5,11H2,1H3. The van der Waals surface area contributed by atoms with Crippen LogP contribution in [0.5, 0.6) is 0 Å². The first-order valence-corrected chi connectivity index (χ1v) is 4.84. The van der Waals surface area contributed by atoms with E-state index in [4.69, 9.17) is 17.3 Å². The molecule has 5 nitrogen and oxygen atoms in total. The highest BCUT2D eigenvalue weighted by Crippen LogP contribution is 2.23. The summed E-state index contributed by atoms with van der Waals surface area (Å²) in [6.45, 7) is 2.22. The van der Waals surface area contributed by atoms with E-state index in [9.17, 15) is 0 Å². The Kier molecular flexibility index (Phi) is 2.66. The number of tetrazole rings is 1. The van der Waals surface area contributed by atoms with E-state index in [0.29, 0.717) is 10.8 Å². The molecule has 0 aliphatic rings. The van der Waals surface area contributed by atoms with Crippen molar-refractivity contribution >= 4 is 11.6 Å². The second-order valence-corrected chi connectivity index (χ2v) is 3.52. The van der Waals surface area contributed by atoms with Crippen LogP contribution >= 0.6 is 11.6 Å². The van der Waals surface area contributed by atoms with E-state index in [1.165, 1.54) is 0 Å². The van der Waals surface area contributed by atoms with Gasteiger partial charge in [0, 0.05) is 0 Å². The third kappa shape index (κ3) is 1.71. The molecule has 0 saturated carbocycles. The maximum absolute atomic E-state index is 6.09. The minimum atomic E-state index is 0.275. The summed E-state index contributed by atoms with van der Waals surface area (Å²) in [5.74, 6) is 0.589. The second kappa shape index (κ2) is 3.96. The molecule has 2 aromatic rings. The van der Waals surface area contributed by atoms with Gasteiger partial charge in [0.05, 0.1) is 17.3 Å². The van der Waals surface area contributed by atoms with Crippen LogP contribution in [-0.2, 0) is 6.54 Å². The van der Waals surface area contributed by atoms with Gasteiger partial charge >= 0.3 is 0 Å². The number of aryl methyl sites for hydroxylation is 1. The normalized spacial score (nSPS) is 10.6. The van der Waals surface area contributed by atoms with Gasteiger partial charge in [0.2, 0.25) is 0 Å². The number of nitrogens with zero attached hydrogens (tertiary/aromatic N) is 4. The molecule has 0 amide bonds. The van der Waals surface area contributed by atoms with Crippen LogP contribution in [0.1, 0.15) is 11.4 Å². The van der Waals surface area contributed by atoms with Crippen molar-refractivity contribution in [3.63, 3.8) is 0 Å². The predicted octanol–water partition coefficient (Wildman–Crippen LogP) is 1.08. The molecule has 0 atom stereocenters. The molecule has 0 fully saturated rings. The van der Waals surface area contributed by atoms with Gasteiger partial charge in [-0.3, -0.25) is 0 Å². The van der Waals surface area contributed by atoms with Gasteiger partial charge in [0.25, 0.3) is 0 Å². The van der Waals surface area contributed by atoms with Gasteiger partial charge in [0.15, 0.2) is 5.82 Å². The Balaban J connectivity index is 2.63. The van der Waals surface area contributed by atoms with Crippen molar-refractivity contribution in [2.24, 2.45) is 5.73 Å². The zero-order chi connectivity index (χ0) is 10.8. The van der Waals surface area contributed by atoms with Gasteiger partial charge in [0.1, 0.15) is 0 Å². The number of para-hydroxylation sites is 1. The van der Waals surface area contributed by atoms with Gasteiger partial charge in [-0.25, -0.2) is 0 Å². The largest absolute Gasteiger partial charge is 0.324 e. The Labute approximate surface area is 91.8 Å². The van der Waals surface area contributed by atoms with Crippen molar-refractivity contribution < 1.29 is 0 Å². The fraction of sp³-hybridized carbons (Fsp3) is 0.222. The summed E-state index contributed by atoms with van der Waals surface area (Å²) >= 11 is 6.09. The molecule has 78 valence electrons. The van der Waals surface area contributed by atoms with Crippen molar-refractivity contribution in [3.05, 3.63) is 34.6 Å². The monoisotopic (exact) mass is 223 g/mol. The van der Waals surface area contributed by atoms with E-state index < -0.39 is 0 Å². The Morgan fingerprint density at radius 1 is 1.47 bits per heavy atom. The molecule has 0 aliphatic carbocycles. The second-order valence-electron chi connectivity index (χ2n) is 3.12. The molecular weight excluding hydrogens is 214 g/mol. The fourth-order valence-corrected chi connectivity index (χ4v) is 1.70. The highest BCUT2D eigenvalue weighted by molar-refractivity contribution is 6.32. The van der Waals surface area contributed by atoms with Crippen LogP contribution in [-0.4, -0.2) is 20.2 Å². The average Bonchev–Trinajstić information content (AvgIpc) is 2.65. The number of rotatable bonds is 2. The van der Waals surface area contributed by atoms with Crippen LogP contribution in [0, 0.1) is 6.92 Å². The van der Waals surface area contributed by atoms with Crippen molar-refractivity contribution in [1.29, 1.82) is 0 Å². The Morgan fingerprint density at radius 2 is 2.27 bits per heavy atom. The quantitative estimate of drug-likeness (QED) is 0.827. The van der Waals surface area contributed by atoms with Crippen LogP contribution in [0.15, 0.2) is 18.2 Å². The molecule has 0 bridgehead atoms. The summed E-state index contributed by atoms with van der Waals surface area (Å²) in [5.41, 5.74) is 7.31. The Hall–Kier alpha value is -1.46. The number of nitrogens with two attached hydrogens (primary N) is 1. The highest BCUT2D eigenvalue weighted by Gasteiger charge is 2.11. The molecule has 1 aromatic heterocycles. The van der Waals surface area contributed by atoms with E-state index >= 15 is 0 Å². The first-order valence-electron chi connectivity index (χ1n) is 4.47. The van der Waals surface area contributed by atoms with Gasteiger partial charge in [-0.15, -0.1) is 5.10 Å². The molecule has 6 heteroatoms. The first-order chi connectivity index (χ1) is 7.24. The van der Waals surface area contributed by atoms with Crippen molar-refractivity contribution in [1.82, 2.24) is 20.2 Å². The molecule has 0 radical (unpaired) electrons. The highest BCUT2D eigenvalue weighted by atomic mass is 35.5. The summed E-state index contributed by atoms with van der Waals surface area (Å²) in [6.07, 6.45) is 0. The zero-order valence-electron chi connectivity index (χ0n) is 8.18. The minimum Gasteiger partial charge on any atom is -0.324 e. The van der Waals surface area contributed by atoms with E-state index in [-0.39, 0.29) is 6.54 Å². The van der Waals surface area contributed by atoms with Gasteiger partial charge in [-0.2, -0.15) is 4.68 Å². The molecule has 0 saturated heterocycles. The summed E-state index contributed by atoms with van der Waals surface area (Å²) in [5, 5.41) is 11.9. The number of aromatic nitrogens is 4. The smallest absolute Gasteiger partial charge is 0.170 e. The SMILES string of the molecule is Cc1cccc(Cl)c1-n1nnnc1CN. The lowest BCUT2D eigenvalue weighted by Crippen LogP contribution is -2.09. The van der Waals surface area contributed by atoms with E-state index in [1.807, 2.05) is 19.1 Å². The topological polar surface area (TPSA) is 69.6 Å². The number of benzene rings is 1. The molecule has 0 unspecified atom stereocenters. The molecule has 15 heavy (non-hydrogen) atoms. The molecule has 0 aliphatic heterocycles. The third-order valence-corrected chi connectivity index (χ3v) is 2.42. The molecule has 1 heterocycles. The molecule has 0 spiro atoms. The maximum atomic E-state index is 6.09. The number of halogens is 1. The molecular formula is C9H10ClN5. The lowest BCUT2D eigenvalue weighted by molar-refractivity contribution is 0.757. The Morgan fingerprint density at radius 3 is 2.93 bits per heavy atom. The van der Waals surface area contributed by atoms with Crippen molar-refractivity contribution in [3.8, 4) is 5.69 Å². The molecule has 2 N–H and O–H groups in total. The van der Waals surface area contributed by atoms with Gasteiger partial charge < -0.3 is 5.73 Å². The third-order valence-electron chi connectivity index (χ3n) is 2.12.